The standard InChI is InChI=1S/CH4ClN3O/c2-5-4-1(3)6/h5H,(H3,3,4,6)/i/hD. The maximum Gasteiger partial charge on any atom is 0.327 e. The lowest BCUT2D eigenvalue weighted by molar-refractivity contribution is 0.248. The number of carbonyl (C=O) groups is 1. The number of primary amides is 1. The maximum atomic E-state index is 9.67. The second kappa shape index (κ2) is 2.74. The second-order valence-electron chi connectivity index (χ2n) is 0.561. The van der Waals surface area contributed by atoms with Gasteiger partial charge >= 0.3 is 6.03 Å². The fourth-order valence-electron chi connectivity index (χ4n) is 0.0416. The normalized spacial score (nSPS) is 10.7. The Bertz CT molecular complexity index is 75.3. The number of nitrogens with two attached hydrogens (primary N) is 1. The van der Waals surface area contributed by atoms with Gasteiger partial charge < -0.3 is 5.73 Å². The fourth-order valence-corrected chi connectivity index (χ4v) is 0.125. The second-order valence-corrected chi connectivity index (χ2v) is 0.730. The van der Waals surface area contributed by atoms with Crippen LogP contribution >= 0.6 is 11.8 Å². The molecule has 0 aliphatic rings. The molecule has 0 heterocycles. The van der Waals surface area contributed by atoms with Crippen LogP contribution in [0.1, 0.15) is 0 Å². The Kier molecular flexibility index (Phi) is 1.69. The van der Waals surface area contributed by atoms with E-state index in [0.29, 0.717) is 0 Å². The molecule has 0 radical (unpaired) electrons. The molecule has 0 aromatic heterocycles. The van der Waals surface area contributed by atoms with E-state index in [4.69, 9.17) is 13.2 Å². The van der Waals surface area contributed by atoms with Crippen LogP contribution in [0.15, 0.2) is 0 Å². The zero-order valence-corrected chi connectivity index (χ0v) is 3.57. The van der Waals surface area contributed by atoms with Crippen LogP contribution in [-0.2, 0) is 0 Å². The highest BCUT2D eigenvalue weighted by molar-refractivity contribution is 6.13. The van der Waals surface area contributed by atoms with E-state index in [1.165, 1.54) is 0 Å². The Morgan fingerprint density at radius 3 is 2.67 bits per heavy atom. The molecule has 2 amide bonds. The van der Waals surface area contributed by atoms with Gasteiger partial charge in [0.2, 0.25) is 0 Å². The van der Waals surface area contributed by atoms with E-state index in [1.807, 2.05) is 0 Å². The molecule has 0 aliphatic heterocycles. The Morgan fingerprint density at radius 2 is 2.67 bits per heavy atom. The number of hydrazine groups is 1. The number of halogens is 1. The van der Waals surface area contributed by atoms with Gasteiger partial charge in [0.1, 0.15) is 0 Å². The van der Waals surface area contributed by atoms with Gasteiger partial charge in [-0.25, -0.2) is 4.79 Å². The fraction of sp³-hybridized carbons (Fsp3) is 0. The molecule has 0 bridgehead atoms. The third-order valence-corrected chi connectivity index (χ3v) is 0.237. The summed E-state index contributed by atoms with van der Waals surface area (Å²) in [6, 6.07) is -0.856. The zero-order valence-electron chi connectivity index (χ0n) is 3.81. The maximum absolute atomic E-state index is 9.67. The van der Waals surface area contributed by atoms with Gasteiger partial charge in [-0.15, -0.1) is 4.94 Å². The van der Waals surface area contributed by atoms with Gasteiger partial charge in [-0.05, 0) is 11.8 Å². The first-order valence-electron chi connectivity index (χ1n) is 1.58. The molecular formula is CH4ClN3O. The summed E-state index contributed by atoms with van der Waals surface area (Å²) in [7, 11) is 0. The molecule has 5 heteroatoms. The Hall–Kier alpha value is -0.480. The lowest BCUT2D eigenvalue weighted by Gasteiger charge is -1.88. The first-order chi connectivity index (χ1) is 3.13. The number of urea groups is 1. The van der Waals surface area contributed by atoms with Crippen LogP contribution in [0.3, 0.4) is 0 Å². The number of hydrogen-bond donors (Lipinski definition) is 3. The van der Waals surface area contributed by atoms with Crippen LogP contribution in [0.2, 0.25) is 1.41 Å². The van der Waals surface area contributed by atoms with Crippen molar-refractivity contribution in [2.45, 2.75) is 0 Å². The molecular weight excluding hydrogens is 105 g/mol. The highest BCUT2D eigenvalue weighted by Crippen LogP contribution is 1.49. The summed E-state index contributed by atoms with van der Waals surface area (Å²) in [6.45, 7) is 0. The summed E-state index contributed by atoms with van der Waals surface area (Å²) in [4.78, 5) is 9.87. The SMILES string of the molecule is [2H]N(Cl)NC(N)=O. The van der Waals surface area contributed by atoms with Crippen molar-refractivity contribution in [1.82, 2.24) is 10.4 Å². The molecule has 4 nitrogen and oxygen atoms in total. The van der Waals surface area contributed by atoms with E-state index in [2.05, 4.69) is 5.73 Å². The molecule has 36 valence electrons. The minimum absolute atomic E-state index is 0.197. The van der Waals surface area contributed by atoms with E-state index in [-0.39, 0.29) is 4.94 Å². The minimum Gasteiger partial charge on any atom is -0.351 e. The third-order valence-electron chi connectivity index (χ3n) is 0.152. The van der Waals surface area contributed by atoms with Crippen molar-refractivity contribution in [3.63, 3.8) is 0 Å². The molecule has 0 atom stereocenters. The first kappa shape index (κ1) is 3.70. The van der Waals surface area contributed by atoms with Crippen molar-refractivity contribution in [1.29, 1.82) is 0 Å². The van der Waals surface area contributed by atoms with Gasteiger partial charge in [0, 0.05) is 0 Å². The average molecular weight is 111 g/mol. The zero-order chi connectivity index (χ0) is 5.86. The Morgan fingerprint density at radius 1 is 2.17 bits per heavy atom. The van der Waals surface area contributed by atoms with Crippen LogP contribution in [0.4, 0.5) is 4.79 Å². The van der Waals surface area contributed by atoms with E-state index in [1.54, 1.807) is 5.43 Å². The summed E-state index contributed by atoms with van der Waals surface area (Å²) in [5.74, 6) is 0. The van der Waals surface area contributed by atoms with Crippen LogP contribution in [0.25, 0.3) is 0 Å². The van der Waals surface area contributed by atoms with Crippen molar-refractivity contribution >= 4 is 17.8 Å². The molecule has 0 spiro atoms. The summed E-state index contributed by atoms with van der Waals surface area (Å²) in [5, 5.41) is 0. The quantitative estimate of drug-likeness (QED) is 0.309. The molecule has 0 unspecified atom stereocenters. The van der Waals surface area contributed by atoms with E-state index < -0.39 is 6.03 Å². The van der Waals surface area contributed by atoms with Crippen molar-refractivity contribution in [2.75, 3.05) is 0 Å². The number of amides is 2. The lowest BCUT2D eigenvalue weighted by Crippen LogP contribution is -2.35. The molecule has 0 aromatic carbocycles. The highest BCUT2D eigenvalue weighted by atomic mass is 35.5. The molecule has 0 saturated heterocycles. The largest absolute Gasteiger partial charge is 0.351 e. The first-order valence-corrected chi connectivity index (χ1v) is 1.47. The van der Waals surface area contributed by atoms with Crippen LogP contribution in [0, 0.1) is 0 Å². The van der Waals surface area contributed by atoms with Gasteiger partial charge in [0.05, 0.1) is 0 Å². The smallest absolute Gasteiger partial charge is 0.327 e. The van der Waals surface area contributed by atoms with Crippen molar-refractivity contribution < 1.29 is 6.21 Å². The van der Waals surface area contributed by atoms with Crippen LogP contribution < -0.4 is 16.1 Å². The minimum atomic E-state index is -0.856. The topological polar surface area (TPSA) is 67.2 Å². The van der Waals surface area contributed by atoms with Gasteiger partial charge in [-0.2, -0.15) is 0 Å². The van der Waals surface area contributed by atoms with Crippen LogP contribution in [0.5, 0.6) is 0 Å². The highest BCUT2D eigenvalue weighted by Gasteiger charge is 1.79. The van der Waals surface area contributed by atoms with Crippen molar-refractivity contribution in [3.8, 4) is 0 Å². The van der Waals surface area contributed by atoms with Gasteiger partial charge in [0.15, 0.2) is 1.41 Å². The molecule has 0 fully saturated rings. The van der Waals surface area contributed by atoms with Gasteiger partial charge in [-0.3, -0.25) is 5.43 Å². The Labute approximate surface area is 41.2 Å². The monoisotopic (exact) mass is 110 g/mol. The molecule has 0 aromatic rings. The average Bonchev–Trinajstić information content (AvgIpc) is 1.27. The van der Waals surface area contributed by atoms with E-state index >= 15 is 0 Å². The summed E-state index contributed by atoms with van der Waals surface area (Å²) < 4.78 is 6.29. The number of carbonyl (C=O) groups excluding carboxylic acids is 1. The molecule has 0 rings (SSSR count). The van der Waals surface area contributed by atoms with Crippen molar-refractivity contribution in [2.24, 2.45) is 5.73 Å². The van der Waals surface area contributed by atoms with E-state index in [0.717, 1.165) is 0 Å². The number of rotatable bonds is 1. The Balaban J connectivity index is 3.13. The predicted molar refractivity (Wildman–Crippen MR) is 21.7 cm³/mol. The van der Waals surface area contributed by atoms with Gasteiger partial charge in [0.25, 0.3) is 0 Å². The number of nitrogens with one attached hydrogen (secondary N) is 2. The van der Waals surface area contributed by atoms with Crippen molar-refractivity contribution in [3.05, 3.63) is 0 Å². The lowest BCUT2D eigenvalue weighted by atomic mass is 11.2. The van der Waals surface area contributed by atoms with E-state index in [9.17, 15) is 4.79 Å². The summed E-state index contributed by atoms with van der Waals surface area (Å²) in [6.07, 6.45) is 0. The van der Waals surface area contributed by atoms with Gasteiger partial charge in [-0.1, -0.05) is 0 Å². The third kappa shape index (κ3) is 3.52. The molecule has 0 saturated carbocycles. The molecule has 4 N–H and O–H groups in total. The summed E-state index contributed by atoms with van der Waals surface area (Å²) in [5.41, 5.74) is 6.21. The molecule has 0 aliphatic carbocycles. The number of hydrogen-bond acceptors (Lipinski definition) is 2. The van der Waals surface area contributed by atoms with Crippen LogP contribution in [-0.4, -0.2) is 6.03 Å². The molecule has 6 heavy (non-hydrogen) atoms. The summed E-state index contributed by atoms with van der Waals surface area (Å²) >= 11 is 4.76. The predicted octanol–water partition coefficient (Wildman–Crippen LogP) is -0.687.